The van der Waals surface area contributed by atoms with Gasteiger partial charge in [0.25, 0.3) is 0 Å². The number of rotatable bonds is 1. The summed E-state index contributed by atoms with van der Waals surface area (Å²) in [6.07, 6.45) is 1.55. The summed E-state index contributed by atoms with van der Waals surface area (Å²) in [5.41, 5.74) is 11.0. The van der Waals surface area contributed by atoms with Crippen molar-refractivity contribution in [3.63, 3.8) is 0 Å². The van der Waals surface area contributed by atoms with Crippen molar-refractivity contribution in [1.82, 2.24) is 9.88 Å². The van der Waals surface area contributed by atoms with Crippen molar-refractivity contribution >= 4 is 11.9 Å². The van der Waals surface area contributed by atoms with Crippen LogP contribution in [0, 0.1) is 0 Å². The molecule has 6 heteroatoms. The van der Waals surface area contributed by atoms with E-state index in [-0.39, 0.29) is 6.17 Å². The highest BCUT2D eigenvalue weighted by molar-refractivity contribution is 5.71. The third kappa shape index (κ3) is 1.99. The van der Waals surface area contributed by atoms with Gasteiger partial charge >= 0.3 is 6.09 Å². The Bertz CT molecular complexity index is 365. The Morgan fingerprint density at radius 3 is 2.87 bits per heavy atom. The number of carbonyl (C=O) groups excluding carboxylic acids is 1. The van der Waals surface area contributed by atoms with E-state index in [0.717, 1.165) is 6.42 Å². The van der Waals surface area contributed by atoms with E-state index in [1.54, 1.807) is 12.1 Å². The molecule has 4 N–H and O–H groups in total. The van der Waals surface area contributed by atoms with Crippen LogP contribution in [0.15, 0.2) is 18.3 Å². The van der Waals surface area contributed by atoms with Crippen LogP contribution in [-0.2, 0) is 0 Å². The highest BCUT2D eigenvalue weighted by Crippen LogP contribution is 2.16. The van der Waals surface area contributed by atoms with Crippen LogP contribution in [0.4, 0.5) is 10.6 Å². The van der Waals surface area contributed by atoms with Crippen LogP contribution in [-0.4, -0.2) is 28.7 Å². The van der Waals surface area contributed by atoms with Crippen LogP contribution < -0.4 is 16.2 Å². The van der Waals surface area contributed by atoms with Crippen LogP contribution in [0.3, 0.4) is 0 Å². The lowest BCUT2D eigenvalue weighted by Gasteiger charge is -2.36. The Kier molecular flexibility index (Phi) is 2.42. The van der Waals surface area contributed by atoms with Crippen molar-refractivity contribution in [3.05, 3.63) is 18.3 Å². The standard InChI is InChI=1S/C9H12N4O2/c10-7-2-1-6(5-12-7)15-9(14)13-4-3-8(13)11/h1-2,5,8H,3-4,11H2,(H2,10,12). The molecule has 0 aliphatic carbocycles. The van der Waals surface area contributed by atoms with Gasteiger partial charge in [-0.25, -0.2) is 9.78 Å². The molecule has 1 amide bonds. The maximum absolute atomic E-state index is 11.5. The molecule has 1 aromatic heterocycles. The first-order chi connectivity index (χ1) is 7.16. The van der Waals surface area contributed by atoms with E-state index in [2.05, 4.69) is 4.98 Å². The highest BCUT2D eigenvalue weighted by Gasteiger charge is 2.30. The number of nitrogens with two attached hydrogens (primary N) is 2. The molecule has 6 nitrogen and oxygen atoms in total. The number of likely N-dealkylation sites (tertiary alicyclic amines) is 1. The maximum atomic E-state index is 11.5. The number of hydrogen-bond acceptors (Lipinski definition) is 5. The summed E-state index contributed by atoms with van der Waals surface area (Å²) in [6.45, 7) is 0.641. The second-order valence-electron chi connectivity index (χ2n) is 3.34. The molecule has 15 heavy (non-hydrogen) atoms. The van der Waals surface area contributed by atoms with E-state index in [0.29, 0.717) is 18.1 Å². The van der Waals surface area contributed by atoms with Crippen LogP contribution in [0.1, 0.15) is 6.42 Å². The second-order valence-corrected chi connectivity index (χ2v) is 3.34. The molecule has 2 rings (SSSR count). The van der Waals surface area contributed by atoms with Gasteiger partial charge in [0.15, 0.2) is 5.75 Å². The summed E-state index contributed by atoms with van der Waals surface area (Å²) >= 11 is 0. The van der Waals surface area contributed by atoms with Gasteiger partial charge in [0.2, 0.25) is 0 Å². The summed E-state index contributed by atoms with van der Waals surface area (Å²) in [5.74, 6) is 0.753. The third-order valence-corrected chi connectivity index (χ3v) is 2.26. The Morgan fingerprint density at radius 2 is 2.40 bits per heavy atom. The van der Waals surface area contributed by atoms with Gasteiger partial charge in [0.1, 0.15) is 5.82 Å². The Balaban J connectivity index is 1.96. The van der Waals surface area contributed by atoms with Gasteiger partial charge in [-0.1, -0.05) is 0 Å². The lowest BCUT2D eigenvalue weighted by Crippen LogP contribution is -2.56. The van der Waals surface area contributed by atoms with Gasteiger partial charge in [-0.15, -0.1) is 0 Å². The average molecular weight is 208 g/mol. The van der Waals surface area contributed by atoms with Gasteiger partial charge in [-0.05, 0) is 18.6 Å². The molecule has 1 aliphatic heterocycles. The molecule has 0 radical (unpaired) electrons. The van der Waals surface area contributed by atoms with Crippen LogP contribution in [0.5, 0.6) is 5.75 Å². The number of amides is 1. The molecule has 1 aromatic rings. The van der Waals surface area contributed by atoms with Crippen molar-refractivity contribution in [1.29, 1.82) is 0 Å². The van der Waals surface area contributed by atoms with Crippen molar-refractivity contribution in [3.8, 4) is 5.75 Å². The summed E-state index contributed by atoms with van der Waals surface area (Å²) < 4.78 is 5.03. The van der Waals surface area contributed by atoms with Crippen LogP contribution in [0.25, 0.3) is 0 Å². The van der Waals surface area contributed by atoms with Crippen molar-refractivity contribution < 1.29 is 9.53 Å². The minimum Gasteiger partial charge on any atom is -0.409 e. The van der Waals surface area contributed by atoms with Crippen molar-refractivity contribution in [2.75, 3.05) is 12.3 Å². The quantitative estimate of drug-likeness (QED) is 0.685. The zero-order valence-electron chi connectivity index (χ0n) is 8.09. The zero-order chi connectivity index (χ0) is 10.8. The monoisotopic (exact) mass is 208 g/mol. The maximum Gasteiger partial charge on any atom is 0.416 e. The van der Waals surface area contributed by atoms with E-state index >= 15 is 0 Å². The molecule has 1 fully saturated rings. The molecule has 2 heterocycles. The number of ether oxygens (including phenoxy) is 1. The average Bonchev–Trinajstić information content (AvgIpc) is 2.19. The summed E-state index contributed by atoms with van der Waals surface area (Å²) in [6, 6.07) is 3.16. The summed E-state index contributed by atoms with van der Waals surface area (Å²) in [5, 5.41) is 0. The lowest BCUT2D eigenvalue weighted by atomic mass is 10.2. The molecule has 0 spiro atoms. The Labute approximate surface area is 86.8 Å². The number of nitrogen functional groups attached to an aromatic ring is 1. The molecular weight excluding hydrogens is 196 g/mol. The van der Waals surface area contributed by atoms with Crippen LogP contribution >= 0.6 is 0 Å². The van der Waals surface area contributed by atoms with E-state index in [9.17, 15) is 4.79 Å². The molecule has 1 unspecified atom stereocenters. The van der Waals surface area contributed by atoms with Crippen LogP contribution in [0.2, 0.25) is 0 Å². The number of aromatic nitrogens is 1. The summed E-state index contributed by atoms with van der Waals surface area (Å²) in [4.78, 5) is 16.7. The number of anilines is 1. The predicted molar refractivity (Wildman–Crippen MR) is 54.0 cm³/mol. The van der Waals surface area contributed by atoms with Gasteiger partial charge in [0.05, 0.1) is 12.4 Å². The number of nitrogens with zero attached hydrogens (tertiary/aromatic N) is 2. The van der Waals surface area contributed by atoms with Gasteiger partial charge in [-0.3, -0.25) is 4.90 Å². The van der Waals surface area contributed by atoms with E-state index < -0.39 is 6.09 Å². The second kappa shape index (κ2) is 3.74. The molecule has 0 aromatic carbocycles. The van der Waals surface area contributed by atoms with Crippen molar-refractivity contribution in [2.24, 2.45) is 5.73 Å². The fourth-order valence-electron chi connectivity index (χ4n) is 1.25. The van der Waals surface area contributed by atoms with Crippen molar-refractivity contribution in [2.45, 2.75) is 12.6 Å². The molecule has 0 bridgehead atoms. The lowest BCUT2D eigenvalue weighted by molar-refractivity contribution is 0.0841. The Hall–Kier alpha value is -1.82. The smallest absolute Gasteiger partial charge is 0.409 e. The Morgan fingerprint density at radius 1 is 1.60 bits per heavy atom. The zero-order valence-corrected chi connectivity index (χ0v) is 8.09. The number of carbonyl (C=O) groups is 1. The molecule has 80 valence electrons. The molecule has 0 saturated carbocycles. The normalized spacial score (nSPS) is 19.5. The topological polar surface area (TPSA) is 94.5 Å². The molecule has 1 saturated heterocycles. The van der Waals surface area contributed by atoms with E-state index in [1.807, 2.05) is 0 Å². The molecule has 1 aliphatic rings. The largest absolute Gasteiger partial charge is 0.416 e. The van der Waals surface area contributed by atoms with Gasteiger partial charge in [-0.2, -0.15) is 0 Å². The SMILES string of the molecule is Nc1ccc(OC(=O)N2CCC2N)cn1. The number of hydrogen-bond donors (Lipinski definition) is 2. The fourth-order valence-corrected chi connectivity index (χ4v) is 1.25. The van der Waals surface area contributed by atoms with E-state index in [1.165, 1.54) is 11.1 Å². The first kappa shape index (κ1) is 9.72. The summed E-state index contributed by atoms with van der Waals surface area (Å²) in [7, 11) is 0. The van der Waals surface area contributed by atoms with E-state index in [4.69, 9.17) is 16.2 Å². The third-order valence-electron chi connectivity index (χ3n) is 2.26. The number of pyridine rings is 1. The van der Waals surface area contributed by atoms with Gasteiger partial charge in [0, 0.05) is 6.54 Å². The molecule has 1 atom stereocenters. The predicted octanol–water partition coefficient (Wildman–Crippen LogP) is 0.153. The first-order valence-electron chi connectivity index (χ1n) is 4.62. The molecular formula is C9H12N4O2. The minimum atomic E-state index is -0.444. The van der Waals surface area contributed by atoms with Gasteiger partial charge < -0.3 is 16.2 Å². The fraction of sp³-hybridized carbons (Fsp3) is 0.333. The highest BCUT2D eigenvalue weighted by atomic mass is 16.6. The minimum absolute atomic E-state index is 0.223. The first-order valence-corrected chi connectivity index (χ1v) is 4.62.